The Morgan fingerprint density at radius 3 is 2.19 bits per heavy atom. The molecule has 0 aliphatic carbocycles. The van der Waals surface area contributed by atoms with Gasteiger partial charge in [0, 0.05) is 12.5 Å². The third-order valence-corrected chi connectivity index (χ3v) is 4.45. The zero-order valence-electron chi connectivity index (χ0n) is 15.2. The van der Waals surface area contributed by atoms with E-state index in [4.69, 9.17) is 4.52 Å². The van der Waals surface area contributed by atoms with Crippen LogP contribution in [0.5, 0.6) is 0 Å². The van der Waals surface area contributed by atoms with Gasteiger partial charge in [-0.1, -0.05) is 31.1 Å². The third-order valence-electron chi connectivity index (χ3n) is 4.45. The van der Waals surface area contributed by atoms with Gasteiger partial charge in [-0.2, -0.15) is 4.98 Å². The van der Waals surface area contributed by atoms with Crippen LogP contribution in [0.1, 0.15) is 59.2 Å². The van der Waals surface area contributed by atoms with Crippen molar-refractivity contribution in [2.75, 3.05) is 7.05 Å². The lowest BCUT2D eigenvalue weighted by Gasteiger charge is -2.26. The van der Waals surface area contributed by atoms with Crippen molar-refractivity contribution in [3.8, 4) is 0 Å². The van der Waals surface area contributed by atoms with E-state index in [2.05, 4.69) is 15.5 Å². The Bertz CT molecular complexity index is 770. The average Bonchev–Trinajstić information content (AvgIpc) is 3.14. The van der Waals surface area contributed by atoms with E-state index in [1.165, 1.54) is 4.90 Å². The van der Waals surface area contributed by atoms with Crippen LogP contribution in [0.25, 0.3) is 0 Å². The lowest BCUT2D eigenvalue weighted by molar-refractivity contribution is 0.0497. The highest BCUT2D eigenvalue weighted by Gasteiger charge is 2.43. The van der Waals surface area contributed by atoms with Gasteiger partial charge in [0.25, 0.3) is 11.8 Å². The summed E-state index contributed by atoms with van der Waals surface area (Å²) in [5.74, 6) is 0.157. The van der Waals surface area contributed by atoms with Gasteiger partial charge in [-0.25, -0.2) is 0 Å². The molecule has 0 bridgehead atoms. The SMILES string of the molecule is CNC(C)Cc1noc(C(C(C)C)N2C(=O)c3ccccc3C2=O)n1.Cl. The highest BCUT2D eigenvalue weighted by atomic mass is 35.5. The van der Waals surface area contributed by atoms with Crippen molar-refractivity contribution < 1.29 is 14.1 Å². The van der Waals surface area contributed by atoms with E-state index in [9.17, 15) is 9.59 Å². The van der Waals surface area contributed by atoms with E-state index in [1.807, 2.05) is 27.8 Å². The van der Waals surface area contributed by atoms with Gasteiger partial charge in [-0.15, -0.1) is 12.4 Å². The molecule has 3 rings (SSSR count). The molecule has 8 heteroatoms. The molecule has 140 valence electrons. The number of halogens is 1. The predicted octanol–water partition coefficient (Wildman–Crippen LogP) is 2.64. The first-order valence-corrected chi connectivity index (χ1v) is 8.40. The van der Waals surface area contributed by atoms with Crippen molar-refractivity contribution in [3.05, 3.63) is 47.1 Å². The second kappa shape index (κ2) is 7.97. The number of hydrogen-bond acceptors (Lipinski definition) is 6. The summed E-state index contributed by atoms with van der Waals surface area (Å²) in [4.78, 5) is 31.2. The monoisotopic (exact) mass is 378 g/mol. The second-order valence-electron chi connectivity index (χ2n) is 6.66. The summed E-state index contributed by atoms with van der Waals surface area (Å²) in [5, 5.41) is 7.12. The van der Waals surface area contributed by atoms with Gasteiger partial charge in [0.15, 0.2) is 5.82 Å². The highest BCUT2D eigenvalue weighted by Crippen LogP contribution is 2.35. The first-order valence-electron chi connectivity index (χ1n) is 8.40. The number of rotatable bonds is 6. The summed E-state index contributed by atoms with van der Waals surface area (Å²) in [6.07, 6.45) is 0.604. The summed E-state index contributed by atoms with van der Waals surface area (Å²) in [7, 11) is 1.86. The van der Waals surface area contributed by atoms with Gasteiger partial charge in [-0.3, -0.25) is 14.5 Å². The maximum Gasteiger partial charge on any atom is 0.262 e. The average molecular weight is 379 g/mol. The van der Waals surface area contributed by atoms with Gasteiger partial charge in [0.2, 0.25) is 5.89 Å². The highest BCUT2D eigenvalue weighted by molar-refractivity contribution is 6.21. The number of carbonyl (C=O) groups is 2. The fourth-order valence-corrected chi connectivity index (χ4v) is 3.00. The predicted molar refractivity (Wildman–Crippen MR) is 98.3 cm³/mol. The van der Waals surface area contributed by atoms with Gasteiger partial charge >= 0.3 is 0 Å². The van der Waals surface area contributed by atoms with Crippen molar-refractivity contribution in [3.63, 3.8) is 0 Å². The molecule has 1 aliphatic rings. The summed E-state index contributed by atoms with van der Waals surface area (Å²) in [6, 6.07) is 6.45. The molecule has 0 fully saturated rings. The summed E-state index contributed by atoms with van der Waals surface area (Å²) < 4.78 is 5.41. The van der Waals surface area contributed by atoms with Crippen LogP contribution in [-0.4, -0.2) is 39.9 Å². The van der Waals surface area contributed by atoms with Crippen LogP contribution < -0.4 is 5.32 Å². The standard InChI is InChI=1S/C18H22N4O3.ClH/c1-10(2)15(16-20-14(21-25-16)9-11(3)19-4)22-17(23)12-7-5-6-8-13(12)18(22)24;/h5-8,10-11,15,19H,9H2,1-4H3;1H. The van der Waals surface area contributed by atoms with Crippen LogP contribution in [0.4, 0.5) is 0 Å². The molecular weight excluding hydrogens is 356 g/mol. The van der Waals surface area contributed by atoms with Crippen LogP contribution in [0, 0.1) is 5.92 Å². The number of benzene rings is 1. The molecule has 0 saturated carbocycles. The normalized spacial score (nSPS) is 15.8. The maximum atomic E-state index is 12.8. The Morgan fingerprint density at radius 2 is 1.69 bits per heavy atom. The number of hydrogen-bond donors (Lipinski definition) is 1. The maximum absolute atomic E-state index is 12.8. The van der Waals surface area contributed by atoms with E-state index in [-0.39, 0.29) is 36.2 Å². The van der Waals surface area contributed by atoms with Crippen molar-refractivity contribution in [2.24, 2.45) is 5.92 Å². The smallest absolute Gasteiger partial charge is 0.262 e. The lowest BCUT2D eigenvalue weighted by Crippen LogP contribution is -2.37. The van der Waals surface area contributed by atoms with E-state index < -0.39 is 6.04 Å². The van der Waals surface area contributed by atoms with Gasteiger partial charge in [0.1, 0.15) is 6.04 Å². The molecule has 7 nitrogen and oxygen atoms in total. The van der Waals surface area contributed by atoms with Crippen molar-refractivity contribution in [1.82, 2.24) is 20.4 Å². The lowest BCUT2D eigenvalue weighted by atomic mass is 10.0. The van der Waals surface area contributed by atoms with E-state index in [0.29, 0.717) is 29.3 Å². The molecule has 2 atom stereocenters. The Hall–Kier alpha value is -2.25. The Balaban J connectivity index is 0.00000243. The zero-order chi connectivity index (χ0) is 18.1. The molecule has 2 heterocycles. The van der Waals surface area contributed by atoms with Crippen molar-refractivity contribution in [1.29, 1.82) is 0 Å². The number of aromatic nitrogens is 2. The first-order chi connectivity index (χ1) is 11.9. The quantitative estimate of drug-likeness (QED) is 0.777. The summed E-state index contributed by atoms with van der Waals surface area (Å²) in [5.41, 5.74) is 0.836. The van der Waals surface area contributed by atoms with Gasteiger partial charge in [-0.05, 0) is 32.0 Å². The summed E-state index contributed by atoms with van der Waals surface area (Å²) in [6.45, 7) is 5.86. The molecule has 0 saturated heterocycles. The molecule has 1 aliphatic heterocycles. The van der Waals surface area contributed by atoms with Gasteiger partial charge < -0.3 is 9.84 Å². The molecule has 2 unspecified atom stereocenters. The molecule has 2 aromatic rings. The molecule has 1 aromatic heterocycles. The number of likely N-dealkylation sites (N-methyl/N-ethyl adjacent to an activating group) is 1. The van der Waals surface area contributed by atoms with Crippen LogP contribution in [-0.2, 0) is 6.42 Å². The molecule has 1 N–H and O–H groups in total. The first kappa shape index (κ1) is 20.1. The molecular formula is C18H23ClN4O3. The van der Waals surface area contributed by atoms with Crippen LogP contribution in [0.3, 0.4) is 0 Å². The topological polar surface area (TPSA) is 88.3 Å². The van der Waals surface area contributed by atoms with Crippen molar-refractivity contribution >= 4 is 24.2 Å². The molecule has 0 radical (unpaired) electrons. The Morgan fingerprint density at radius 1 is 1.12 bits per heavy atom. The fourth-order valence-electron chi connectivity index (χ4n) is 3.00. The Kier molecular flexibility index (Phi) is 6.15. The molecule has 26 heavy (non-hydrogen) atoms. The minimum atomic E-state index is -0.585. The van der Waals surface area contributed by atoms with Crippen LogP contribution in [0.15, 0.2) is 28.8 Å². The number of carbonyl (C=O) groups excluding carboxylic acids is 2. The van der Waals surface area contributed by atoms with Crippen molar-refractivity contribution in [2.45, 2.75) is 39.3 Å². The van der Waals surface area contributed by atoms with Crippen LogP contribution in [0.2, 0.25) is 0 Å². The zero-order valence-corrected chi connectivity index (χ0v) is 16.0. The number of nitrogens with zero attached hydrogens (tertiary/aromatic N) is 3. The molecule has 0 spiro atoms. The third kappa shape index (κ3) is 3.50. The minimum absolute atomic E-state index is 0. The molecule has 2 amide bonds. The van der Waals surface area contributed by atoms with E-state index in [0.717, 1.165) is 0 Å². The second-order valence-corrected chi connectivity index (χ2v) is 6.66. The van der Waals surface area contributed by atoms with Crippen LogP contribution >= 0.6 is 12.4 Å². The number of amides is 2. The number of nitrogens with one attached hydrogen (secondary N) is 1. The number of fused-ring (bicyclic) bond motifs is 1. The minimum Gasteiger partial charge on any atom is -0.337 e. The summed E-state index contributed by atoms with van der Waals surface area (Å²) >= 11 is 0. The van der Waals surface area contributed by atoms with Gasteiger partial charge in [0.05, 0.1) is 11.1 Å². The largest absolute Gasteiger partial charge is 0.337 e. The number of imide groups is 1. The van der Waals surface area contributed by atoms with E-state index in [1.54, 1.807) is 24.3 Å². The fraction of sp³-hybridized carbons (Fsp3) is 0.444. The Labute approximate surface area is 158 Å². The van der Waals surface area contributed by atoms with E-state index >= 15 is 0 Å². The molecule has 1 aromatic carbocycles.